The first-order valence-electron chi connectivity index (χ1n) is 6.76. The molecule has 1 saturated carbocycles. The van der Waals surface area contributed by atoms with Crippen molar-refractivity contribution in [2.45, 2.75) is 25.4 Å². The molecule has 2 aromatic rings. The highest BCUT2D eigenvalue weighted by molar-refractivity contribution is 9.11. The van der Waals surface area contributed by atoms with E-state index in [-0.39, 0.29) is 0 Å². The van der Waals surface area contributed by atoms with E-state index < -0.39 is 0 Å². The first-order chi connectivity index (χ1) is 10.1. The summed E-state index contributed by atoms with van der Waals surface area (Å²) in [7, 11) is 0. The van der Waals surface area contributed by atoms with Crippen LogP contribution in [0.15, 0.2) is 49.8 Å². The second kappa shape index (κ2) is 6.82. The molecular formula is C16H14Br3NO. The lowest BCUT2D eigenvalue weighted by Crippen LogP contribution is -2.15. The van der Waals surface area contributed by atoms with Gasteiger partial charge in [0.25, 0.3) is 0 Å². The summed E-state index contributed by atoms with van der Waals surface area (Å²) in [6.07, 6.45) is 2.60. The van der Waals surface area contributed by atoms with Crippen LogP contribution >= 0.6 is 47.8 Å². The highest BCUT2D eigenvalue weighted by Gasteiger charge is 2.20. The van der Waals surface area contributed by atoms with Gasteiger partial charge in [0.1, 0.15) is 11.5 Å². The molecule has 2 aromatic carbocycles. The number of ether oxygens (including phenoxy) is 1. The van der Waals surface area contributed by atoms with E-state index in [1.807, 2.05) is 30.3 Å². The molecule has 110 valence electrons. The summed E-state index contributed by atoms with van der Waals surface area (Å²) in [5.74, 6) is 1.62. The minimum Gasteiger partial charge on any atom is -0.456 e. The summed E-state index contributed by atoms with van der Waals surface area (Å²) in [5, 5.41) is 3.51. The summed E-state index contributed by atoms with van der Waals surface area (Å²) < 4.78 is 8.93. The summed E-state index contributed by atoms with van der Waals surface area (Å²) in [6.45, 7) is 0.896. The SMILES string of the molecule is Brc1ccc(Oc2ccc(CNC3CC3)c(Br)c2)c(Br)c1. The monoisotopic (exact) mass is 473 g/mol. The standard InChI is InChI=1S/C16H14Br3NO/c17-11-2-6-16(15(19)7-11)21-13-5-1-10(14(18)8-13)9-20-12-3-4-12/h1-2,5-8,12,20H,3-4,9H2. The third-order valence-corrected chi connectivity index (χ3v) is 5.16. The molecule has 0 amide bonds. The highest BCUT2D eigenvalue weighted by Crippen LogP contribution is 2.33. The zero-order chi connectivity index (χ0) is 14.8. The predicted octanol–water partition coefficient (Wildman–Crippen LogP) is 6.02. The maximum Gasteiger partial charge on any atom is 0.141 e. The molecule has 3 rings (SSSR count). The largest absolute Gasteiger partial charge is 0.456 e. The molecule has 1 fully saturated rings. The molecule has 0 bridgehead atoms. The molecule has 1 aliphatic carbocycles. The van der Waals surface area contributed by atoms with Crippen molar-refractivity contribution in [1.29, 1.82) is 0 Å². The summed E-state index contributed by atoms with van der Waals surface area (Å²) in [6, 6.07) is 12.7. The number of hydrogen-bond acceptors (Lipinski definition) is 2. The summed E-state index contributed by atoms with van der Waals surface area (Å²) >= 11 is 10.6. The number of rotatable bonds is 5. The Morgan fingerprint density at radius 1 is 1.00 bits per heavy atom. The molecule has 2 nitrogen and oxygen atoms in total. The van der Waals surface area contributed by atoms with Gasteiger partial charge < -0.3 is 10.1 Å². The van der Waals surface area contributed by atoms with Gasteiger partial charge >= 0.3 is 0 Å². The molecular weight excluding hydrogens is 462 g/mol. The predicted molar refractivity (Wildman–Crippen MR) is 95.9 cm³/mol. The molecule has 0 heterocycles. The van der Waals surface area contributed by atoms with Gasteiger partial charge in [-0.3, -0.25) is 0 Å². The third kappa shape index (κ3) is 4.31. The van der Waals surface area contributed by atoms with E-state index in [1.54, 1.807) is 0 Å². The Morgan fingerprint density at radius 3 is 2.48 bits per heavy atom. The van der Waals surface area contributed by atoms with Crippen molar-refractivity contribution < 1.29 is 4.74 Å². The van der Waals surface area contributed by atoms with Crippen LogP contribution in [0.5, 0.6) is 11.5 Å². The summed E-state index contributed by atoms with van der Waals surface area (Å²) in [4.78, 5) is 0. The van der Waals surface area contributed by atoms with Crippen LogP contribution in [0.1, 0.15) is 18.4 Å². The van der Waals surface area contributed by atoms with Gasteiger partial charge in [-0.2, -0.15) is 0 Å². The van der Waals surface area contributed by atoms with Gasteiger partial charge in [-0.15, -0.1) is 0 Å². The topological polar surface area (TPSA) is 21.3 Å². The zero-order valence-electron chi connectivity index (χ0n) is 11.2. The Labute approximate surface area is 149 Å². The van der Waals surface area contributed by atoms with E-state index in [4.69, 9.17) is 4.74 Å². The Balaban J connectivity index is 1.71. The number of benzene rings is 2. The second-order valence-corrected chi connectivity index (χ2v) is 7.71. The molecule has 1 aliphatic rings. The first kappa shape index (κ1) is 15.5. The molecule has 1 N–H and O–H groups in total. The van der Waals surface area contributed by atoms with Crippen LogP contribution in [0.25, 0.3) is 0 Å². The Bertz CT molecular complexity index is 656. The van der Waals surface area contributed by atoms with E-state index in [9.17, 15) is 0 Å². The Morgan fingerprint density at radius 2 is 1.81 bits per heavy atom. The lowest BCUT2D eigenvalue weighted by molar-refractivity contribution is 0.479. The van der Waals surface area contributed by atoms with Crippen molar-refractivity contribution in [2.24, 2.45) is 0 Å². The van der Waals surface area contributed by atoms with Crippen LogP contribution in [-0.2, 0) is 6.54 Å². The first-order valence-corrected chi connectivity index (χ1v) is 9.14. The van der Waals surface area contributed by atoms with E-state index in [0.29, 0.717) is 6.04 Å². The number of nitrogens with one attached hydrogen (secondary N) is 1. The molecule has 0 atom stereocenters. The fourth-order valence-corrected chi connectivity index (χ4v) is 3.59. The highest BCUT2D eigenvalue weighted by atomic mass is 79.9. The van der Waals surface area contributed by atoms with Gasteiger partial charge in [-0.25, -0.2) is 0 Å². The lowest BCUT2D eigenvalue weighted by atomic mass is 10.2. The zero-order valence-corrected chi connectivity index (χ0v) is 16.0. The van der Waals surface area contributed by atoms with Crippen molar-refractivity contribution in [3.8, 4) is 11.5 Å². The van der Waals surface area contributed by atoms with E-state index in [0.717, 1.165) is 31.5 Å². The molecule has 0 saturated heterocycles. The third-order valence-electron chi connectivity index (χ3n) is 3.30. The minimum absolute atomic E-state index is 0.714. The molecule has 0 unspecified atom stereocenters. The molecule has 0 aliphatic heterocycles. The molecule has 0 radical (unpaired) electrons. The van der Waals surface area contributed by atoms with Crippen molar-refractivity contribution in [2.75, 3.05) is 0 Å². The van der Waals surface area contributed by atoms with Gasteiger partial charge in [0.05, 0.1) is 4.47 Å². The lowest BCUT2D eigenvalue weighted by Gasteiger charge is -2.11. The van der Waals surface area contributed by atoms with Gasteiger partial charge in [0.15, 0.2) is 0 Å². The van der Waals surface area contributed by atoms with Crippen LogP contribution < -0.4 is 10.1 Å². The fraction of sp³-hybridized carbons (Fsp3) is 0.250. The van der Waals surface area contributed by atoms with Crippen LogP contribution in [0.3, 0.4) is 0 Å². The van der Waals surface area contributed by atoms with E-state index >= 15 is 0 Å². The van der Waals surface area contributed by atoms with Crippen molar-refractivity contribution in [3.63, 3.8) is 0 Å². The van der Waals surface area contributed by atoms with Crippen molar-refractivity contribution in [1.82, 2.24) is 5.32 Å². The van der Waals surface area contributed by atoms with Crippen LogP contribution in [0, 0.1) is 0 Å². The van der Waals surface area contributed by atoms with Crippen LogP contribution in [-0.4, -0.2) is 6.04 Å². The van der Waals surface area contributed by atoms with Gasteiger partial charge in [0.2, 0.25) is 0 Å². The average molecular weight is 476 g/mol. The quantitative estimate of drug-likeness (QED) is 0.571. The fourth-order valence-electron chi connectivity index (χ4n) is 1.96. The normalized spacial score (nSPS) is 14.2. The molecule has 0 aromatic heterocycles. The second-order valence-electron chi connectivity index (χ2n) is 5.09. The maximum absolute atomic E-state index is 5.92. The van der Waals surface area contributed by atoms with Gasteiger partial charge in [-0.05, 0) is 64.7 Å². The van der Waals surface area contributed by atoms with Crippen molar-refractivity contribution in [3.05, 3.63) is 55.4 Å². The van der Waals surface area contributed by atoms with Gasteiger partial charge in [-0.1, -0.05) is 37.9 Å². The number of halogens is 3. The Kier molecular flexibility index (Phi) is 5.04. The van der Waals surface area contributed by atoms with E-state index in [1.165, 1.54) is 18.4 Å². The summed E-state index contributed by atoms with van der Waals surface area (Å²) in [5.41, 5.74) is 1.25. The smallest absolute Gasteiger partial charge is 0.141 e. The Hall–Kier alpha value is -0.360. The molecule has 21 heavy (non-hydrogen) atoms. The molecule has 0 spiro atoms. The average Bonchev–Trinajstić information content (AvgIpc) is 3.25. The van der Waals surface area contributed by atoms with Crippen LogP contribution in [0.4, 0.5) is 0 Å². The van der Waals surface area contributed by atoms with E-state index in [2.05, 4.69) is 59.2 Å². The number of hydrogen-bond donors (Lipinski definition) is 1. The maximum atomic E-state index is 5.92. The van der Waals surface area contributed by atoms with Crippen molar-refractivity contribution >= 4 is 47.8 Å². The molecule has 5 heteroatoms. The van der Waals surface area contributed by atoms with Crippen LogP contribution in [0.2, 0.25) is 0 Å². The minimum atomic E-state index is 0.714. The van der Waals surface area contributed by atoms with Gasteiger partial charge in [0, 0.05) is 21.5 Å².